The molecule has 0 fully saturated rings. The van der Waals surface area contributed by atoms with Crippen LogP contribution in [-0.4, -0.2) is 9.55 Å². The van der Waals surface area contributed by atoms with Crippen molar-refractivity contribution in [1.29, 1.82) is 0 Å². The van der Waals surface area contributed by atoms with Gasteiger partial charge >= 0.3 is 0 Å². The van der Waals surface area contributed by atoms with Gasteiger partial charge in [0, 0.05) is 19.2 Å². The van der Waals surface area contributed by atoms with Crippen LogP contribution in [0.25, 0.3) is 0 Å². The van der Waals surface area contributed by atoms with Gasteiger partial charge in [-0.1, -0.05) is 5.92 Å². The van der Waals surface area contributed by atoms with E-state index in [1.54, 1.807) is 0 Å². The van der Waals surface area contributed by atoms with E-state index in [0.717, 1.165) is 18.7 Å². The van der Waals surface area contributed by atoms with E-state index in [9.17, 15) is 0 Å². The van der Waals surface area contributed by atoms with Crippen molar-refractivity contribution in [2.75, 3.05) is 0 Å². The number of fused-ring (bicyclic) bond motifs is 1. The first kappa shape index (κ1) is 8.37. The van der Waals surface area contributed by atoms with Crippen LogP contribution in [0, 0.1) is 12.3 Å². The second kappa shape index (κ2) is 3.26. The smallest absolute Gasteiger partial charge is 0.109 e. The van der Waals surface area contributed by atoms with Gasteiger partial charge in [0.2, 0.25) is 0 Å². The third-order valence-corrected chi connectivity index (χ3v) is 2.62. The fourth-order valence-corrected chi connectivity index (χ4v) is 1.73. The van der Waals surface area contributed by atoms with Gasteiger partial charge in [0.1, 0.15) is 5.82 Å². The lowest BCUT2D eigenvalue weighted by Gasteiger charge is -2.11. The molecule has 2 heteroatoms. The molecular weight excluding hydrogens is 160 g/mol. The van der Waals surface area contributed by atoms with E-state index in [4.69, 9.17) is 6.42 Å². The van der Waals surface area contributed by atoms with Gasteiger partial charge in [-0.2, -0.15) is 0 Å². The van der Waals surface area contributed by atoms with E-state index < -0.39 is 0 Å². The Labute approximate surface area is 79.0 Å². The molecule has 1 unspecified atom stereocenters. The summed E-state index contributed by atoms with van der Waals surface area (Å²) in [5, 5.41) is 0. The van der Waals surface area contributed by atoms with Crippen LogP contribution in [0.1, 0.15) is 37.2 Å². The minimum atomic E-state index is 0.151. The second-order valence-electron chi connectivity index (χ2n) is 3.62. The predicted octanol–water partition coefficient (Wildman–Crippen LogP) is 1.96. The summed E-state index contributed by atoms with van der Waals surface area (Å²) in [6, 6.07) is 0. The molecular formula is C11H14N2. The standard InChI is InChI=1S/C11H14N2/c1-3-9(2)10-8-13-7-5-4-6-11(13)12-10/h1,8-9H,4-7H2,2H3. The van der Waals surface area contributed by atoms with Crippen LogP contribution >= 0.6 is 0 Å². The van der Waals surface area contributed by atoms with E-state index in [2.05, 4.69) is 21.7 Å². The molecule has 1 aliphatic heterocycles. The van der Waals surface area contributed by atoms with Gasteiger partial charge in [0.15, 0.2) is 0 Å². The van der Waals surface area contributed by atoms with Crippen molar-refractivity contribution in [1.82, 2.24) is 9.55 Å². The largest absolute Gasteiger partial charge is 0.335 e. The third kappa shape index (κ3) is 1.47. The lowest BCUT2D eigenvalue weighted by atomic mass is 10.1. The van der Waals surface area contributed by atoms with E-state index in [0.29, 0.717) is 0 Å². The Kier molecular flexibility index (Phi) is 2.10. The highest BCUT2D eigenvalue weighted by atomic mass is 15.1. The van der Waals surface area contributed by atoms with Gasteiger partial charge in [-0.25, -0.2) is 4.98 Å². The molecule has 1 aromatic rings. The molecule has 1 atom stereocenters. The van der Waals surface area contributed by atoms with E-state index in [-0.39, 0.29) is 5.92 Å². The van der Waals surface area contributed by atoms with Crippen molar-refractivity contribution in [3.63, 3.8) is 0 Å². The summed E-state index contributed by atoms with van der Waals surface area (Å²) in [5.41, 5.74) is 1.06. The first-order valence-corrected chi connectivity index (χ1v) is 4.83. The summed E-state index contributed by atoms with van der Waals surface area (Å²) in [7, 11) is 0. The molecule has 0 aliphatic carbocycles. The molecule has 0 saturated heterocycles. The van der Waals surface area contributed by atoms with Gasteiger partial charge in [-0.15, -0.1) is 6.42 Å². The number of hydrogen-bond donors (Lipinski definition) is 0. The van der Waals surface area contributed by atoms with Gasteiger partial charge in [-0.3, -0.25) is 0 Å². The minimum Gasteiger partial charge on any atom is -0.335 e. The third-order valence-electron chi connectivity index (χ3n) is 2.62. The van der Waals surface area contributed by atoms with Crippen molar-refractivity contribution in [3.05, 3.63) is 17.7 Å². The molecule has 0 aromatic carbocycles. The summed E-state index contributed by atoms with van der Waals surface area (Å²) in [5.74, 6) is 4.08. The number of hydrogen-bond acceptors (Lipinski definition) is 1. The molecule has 0 radical (unpaired) electrons. The quantitative estimate of drug-likeness (QED) is 0.595. The monoisotopic (exact) mass is 174 g/mol. The molecule has 0 saturated carbocycles. The highest BCUT2D eigenvalue weighted by Crippen LogP contribution is 2.18. The first-order chi connectivity index (χ1) is 6.31. The topological polar surface area (TPSA) is 17.8 Å². The highest BCUT2D eigenvalue weighted by Gasteiger charge is 2.14. The Balaban J connectivity index is 2.31. The number of imidazole rings is 1. The van der Waals surface area contributed by atoms with Gasteiger partial charge < -0.3 is 4.57 Å². The van der Waals surface area contributed by atoms with E-state index in [1.807, 2.05) is 6.92 Å². The van der Waals surface area contributed by atoms with Crippen LogP contribution < -0.4 is 0 Å². The summed E-state index contributed by atoms with van der Waals surface area (Å²) in [4.78, 5) is 4.54. The van der Waals surface area contributed by atoms with Gasteiger partial charge in [-0.05, 0) is 19.8 Å². The van der Waals surface area contributed by atoms with Crippen LogP contribution in [0.5, 0.6) is 0 Å². The van der Waals surface area contributed by atoms with Crippen LogP contribution in [0.2, 0.25) is 0 Å². The zero-order chi connectivity index (χ0) is 9.26. The zero-order valence-corrected chi connectivity index (χ0v) is 7.95. The summed E-state index contributed by atoms with van der Waals surface area (Å²) in [6.45, 7) is 3.13. The fraction of sp³-hybridized carbons (Fsp3) is 0.545. The summed E-state index contributed by atoms with van der Waals surface area (Å²) < 4.78 is 2.24. The molecule has 1 aliphatic rings. The molecule has 2 nitrogen and oxygen atoms in total. The summed E-state index contributed by atoms with van der Waals surface area (Å²) >= 11 is 0. The van der Waals surface area contributed by atoms with Crippen molar-refractivity contribution in [2.45, 2.75) is 38.6 Å². The molecule has 2 rings (SSSR count). The summed E-state index contributed by atoms with van der Waals surface area (Å²) in [6.07, 6.45) is 11.1. The lowest BCUT2D eigenvalue weighted by molar-refractivity contribution is 0.522. The Morgan fingerprint density at radius 3 is 3.15 bits per heavy atom. The Morgan fingerprint density at radius 2 is 2.46 bits per heavy atom. The molecule has 0 amide bonds. The van der Waals surface area contributed by atoms with Crippen LogP contribution in [0.3, 0.4) is 0 Å². The maximum absolute atomic E-state index is 5.36. The van der Waals surface area contributed by atoms with Crippen molar-refractivity contribution >= 4 is 0 Å². The Hall–Kier alpha value is -1.23. The number of rotatable bonds is 1. The molecule has 0 N–H and O–H groups in total. The molecule has 1 aromatic heterocycles. The average molecular weight is 174 g/mol. The molecule has 13 heavy (non-hydrogen) atoms. The molecule has 68 valence electrons. The molecule has 2 heterocycles. The maximum atomic E-state index is 5.36. The SMILES string of the molecule is C#CC(C)c1cn2c(n1)CCCC2. The van der Waals surface area contributed by atoms with Crippen molar-refractivity contribution < 1.29 is 0 Å². The molecule has 0 spiro atoms. The number of aromatic nitrogens is 2. The van der Waals surface area contributed by atoms with E-state index >= 15 is 0 Å². The predicted molar refractivity (Wildman–Crippen MR) is 52.4 cm³/mol. The average Bonchev–Trinajstić information content (AvgIpc) is 2.59. The van der Waals surface area contributed by atoms with Crippen LogP contribution in [-0.2, 0) is 13.0 Å². The highest BCUT2D eigenvalue weighted by molar-refractivity contribution is 5.18. The zero-order valence-electron chi connectivity index (χ0n) is 7.95. The fourth-order valence-electron chi connectivity index (χ4n) is 1.73. The maximum Gasteiger partial charge on any atom is 0.109 e. The lowest BCUT2D eigenvalue weighted by Crippen LogP contribution is -2.08. The van der Waals surface area contributed by atoms with Crippen molar-refractivity contribution in [3.8, 4) is 12.3 Å². The Bertz CT molecular complexity index is 320. The normalized spacial score (nSPS) is 17.5. The van der Waals surface area contributed by atoms with Crippen molar-refractivity contribution in [2.24, 2.45) is 0 Å². The number of terminal acetylenes is 1. The number of nitrogens with zero attached hydrogens (tertiary/aromatic N) is 2. The second-order valence-corrected chi connectivity index (χ2v) is 3.62. The minimum absolute atomic E-state index is 0.151. The Morgan fingerprint density at radius 1 is 1.62 bits per heavy atom. The van der Waals surface area contributed by atoms with Gasteiger partial charge in [0.25, 0.3) is 0 Å². The van der Waals surface area contributed by atoms with Gasteiger partial charge in [0.05, 0.1) is 11.6 Å². The van der Waals surface area contributed by atoms with Crippen LogP contribution in [0.4, 0.5) is 0 Å². The molecule has 0 bridgehead atoms. The van der Waals surface area contributed by atoms with E-state index in [1.165, 1.54) is 18.7 Å². The number of aryl methyl sites for hydroxylation is 2. The first-order valence-electron chi connectivity index (χ1n) is 4.83. The van der Waals surface area contributed by atoms with Crippen LogP contribution in [0.15, 0.2) is 6.20 Å².